The Morgan fingerprint density at radius 2 is 1.55 bits per heavy atom. The Hall–Kier alpha value is -2.23. The van der Waals surface area contributed by atoms with Crippen molar-refractivity contribution >= 4 is 15.7 Å². The van der Waals surface area contributed by atoms with Gasteiger partial charge in [0.2, 0.25) is 0 Å². The predicted octanol–water partition coefficient (Wildman–Crippen LogP) is 5.90. The molecule has 31 heavy (non-hydrogen) atoms. The lowest BCUT2D eigenvalue weighted by atomic mass is 9.67. The first-order valence-electron chi connectivity index (χ1n) is 9.74. The van der Waals surface area contributed by atoms with E-state index in [1.807, 2.05) is 0 Å². The molecule has 2 aromatic rings. The minimum absolute atomic E-state index is 0.00590. The van der Waals surface area contributed by atoms with E-state index in [1.54, 1.807) is 12.1 Å². The van der Waals surface area contributed by atoms with E-state index in [-0.39, 0.29) is 30.0 Å². The molecule has 1 fully saturated rings. The van der Waals surface area contributed by atoms with Crippen LogP contribution in [0.25, 0.3) is 0 Å². The van der Waals surface area contributed by atoms with E-state index in [4.69, 9.17) is 0 Å². The molecule has 10 heteroatoms. The number of benzene rings is 2. The third-order valence-electron chi connectivity index (χ3n) is 6.42. The summed E-state index contributed by atoms with van der Waals surface area (Å²) in [7, 11) is -4.25. The summed E-state index contributed by atoms with van der Waals surface area (Å²) >= 11 is 0. The second-order valence-electron chi connectivity index (χ2n) is 8.01. The third kappa shape index (κ3) is 3.58. The molecule has 2 unspecified atom stereocenters. The summed E-state index contributed by atoms with van der Waals surface area (Å²) in [5.41, 5.74) is -1.69. The zero-order valence-electron chi connectivity index (χ0n) is 16.2. The summed E-state index contributed by atoms with van der Waals surface area (Å²) in [5.74, 6) is -1.56. The zero-order chi connectivity index (χ0) is 22.7. The van der Waals surface area contributed by atoms with Gasteiger partial charge in [0.15, 0.2) is 0 Å². The highest BCUT2D eigenvalue weighted by molar-refractivity contribution is 7.92. The van der Waals surface area contributed by atoms with Crippen molar-refractivity contribution in [3.63, 3.8) is 0 Å². The Morgan fingerprint density at radius 3 is 2.16 bits per heavy atom. The molecule has 1 spiro atoms. The largest absolute Gasteiger partial charge is 0.416 e. The summed E-state index contributed by atoms with van der Waals surface area (Å²) in [5, 5.41) is 0. The maximum atomic E-state index is 13.8. The van der Waals surface area contributed by atoms with Crippen LogP contribution in [0.3, 0.4) is 0 Å². The van der Waals surface area contributed by atoms with E-state index >= 15 is 0 Å². The van der Waals surface area contributed by atoms with Crippen LogP contribution < -0.4 is 4.31 Å². The average Bonchev–Trinajstić information content (AvgIpc) is 3.12. The summed E-state index contributed by atoms with van der Waals surface area (Å²) < 4.78 is 107. The Balaban J connectivity index is 1.77. The van der Waals surface area contributed by atoms with Crippen molar-refractivity contribution in [2.45, 2.75) is 48.3 Å². The van der Waals surface area contributed by atoms with Gasteiger partial charge < -0.3 is 0 Å². The quantitative estimate of drug-likeness (QED) is 0.520. The molecular weight excluding hydrogens is 444 g/mol. The van der Waals surface area contributed by atoms with Gasteiger partial charge in [0.1, 0.15) is 0 Å². The molecule has 0 aromatic heterocycles. The van der Waals surface area contributed by atoms with Crippen LogP contribution in [-0.4, -0.2) is 21.1 Å². The molecular formula is C21H19F6NO2S. The first-order chi connectivity index (χ1) is 14.4. The molecule has 3 nitrogen and oxygen atoms in total. The highest BCUT2D eigenvalue weighted by Gasteiger charge is 2.58. The third-order valence-corrected chi connectivity index (χ3v) is 8.25. The number of hydrogen-bond acceptors (Lipinski definition) is 2. The highest BCUT2D eigenvalue weighted by Crippen LogP contribution is 2.58. The van der Waals surface area contributed by atoms with Gasteiger partial charge in [-0.2, -0.15) is 26.3 Å². The average molecular weight is 463 g/mol. The van der Waals surface area contributed by atoms with Gasteiger partial charge in [0.05, 0.1) is 22.1 Å². The maximum Gasteiger partial charge on any atom is 0.416 e. The number of hydrogen-bond donors (Lipinski definition) is 0. The van der Waals surface area contributed by atoms with Crippen molar-refractivity contribution in [1.29, 1.82) is 0 Å². The molecule has 0 saturated heterocycles. The van der Waals surface area contributed by atoms with Crippen LogP contribution in [0, 0.1) is 5.92 Å². The number of anilines is 1. The lowest BCUT2D eigenvalue weighted by Crippen LogP contribution is -2.48. The summed E-state index contributed by atoms with van der Waals surface area (Å²) in [6.07, 6.45) is -8.33. The van der Waals surface area contributed by atoms with Gasteiger partial charge in [-0.05, 0) is 55.2 Å². The van der Waals surface area contributed by atoms with Crippen molar-refractivity contribution in [3.05, 3.63) is 59.7 Å². The lowest BCUT2D eigenvalue weighted by Gasteiger charge is -2.45. The van der Waals surface area contributed by atoms with Crippen molar-refractivity contribution in [2.24, 2.45) is 5.92 Å². The molecule has 2 aliphatic rings. The fourth-order valence-corrected chi connectivity index (χ4v) is 6.52. The van der Waals surface area contributed by atoms with E-state index in [0.717, 1.165) is 16.4 Å². The minimum Gasteiger partial charge on any atom is -0.266 e. The summed E-state index contributed by atoms with van der Waals surface area (Å²) in [6.45, 7) is -0.174. The van der Waals surface area contributed by atoms with Gasteiger partial charge in [-0.15, -0.1) is 0 Å². The molecule has 1 heterocycles. The lowest BCUT2D eigenvalue weighted by molar-refractivity contribution is -0.189. The van der Waals surface area contributed by atoms with Gasteiger partial charge in [-0.25, -0.2) is 8.42 Å². The highest BCUT2D eigenvalue weighted by atomic mass is 32.2. The van der Waals surface area contributed by atoms with Crippen molar-refractivity contribution in [3.8, 4) is 0 Å². The zero-order valence-corrected chi connectivity index (χ0v) is 17.0. The molecule has 1 saturated carbocycles. The Kier molecular flexibility index (Phi) is 5.07. The Bertz CT molecular complexity index is 1080. The standard InChI is InChI=1S/C21H19F6NO2S/c22-20(23,24)14-7-9-15(10-8-14)31(29,30)28-13-12-19(16-4-1-2-5-17(16)28)11-3-6-18(19)21(25,26)27/h1-2,4-5,7-10,18H,3,6,11-13H2. The number of para-hydroxylation sites is 1. The number of fused-ring (bicyclic) bond motifs is 2. The molecule has 0 radical (unpaired) electrons. The van der Waals surface area contributed by atoms with Crippen LogP contribution in [0.4, 0.5) is 32.0 Å². The van der Waals surface area contributed by atoms with Gasteiger partial charge >= 0.3 is 12.4 Å². The Labute approximate surface area is 175 Å². The van der Waals surface area contributed by atoms with Crippen LogP contribution in [0.1, 0.15) is 36.8 Å². The number of sulfonamides is 1. The van der Waals surface area contributed by atoms with Crippen LogP contribution in [0.2, 0.25) is 0 Å². The van der Waals surface area contributed by atoms with E-state index in [0.29, 0.717) is 30.5 Å². The van der Waals surface area contributed by atoms with E-state index in [2.05, 4.69) is 0 Å². The molecule has 0 bridgehead atoms. The molecule has 0 amide bonds. The minimum atomic E-state index is -4.61. The van der Waals surface area contributed by atoms with Gasteiger partial charge in [0, 0.05) is 12.0 Å². The van der Waals surface area contributed by atoms with E-state index in [9.17, 15) is 34.8 Å². The van der Waals surface area contributed by atoms with Crippen LogP contribution >= 0.6 is 0 Å². The van der Waals surface area contributed by atoms with Crippen molar-refractivity contribution in [2.75, 3.05) is 10.8 Å². The second kappa shape index (κ2) is 7.15. The number of halogens is 6. The second-order valence-corrected chi connectivity index (χ2v) is 9.87. The topological polar surface area (TPSA) is 37.4 Å². The molecule has 2 atom stereocenters. The van der Waals surface area contributed by atoms with Crippen molar-refractivity contribution in [1.82, 2.24) is 0 Å². The monoisotopic (exact) mass is 463 g/mol. The van der Waals surface area contributed by atoms with Gasteiger partial charge in [0.25, 0.3) is 10.0 Å². The number of rotatable bonds is 2. The first kappa shape index (κ1) is 22.0. The maximum absolute atomic E-state index is 13.8. The van der Waals surface area contributed by atoms with Gasteiger partial charge in [-0.3, -0.25) is 4.31 Å². The molecule has 4 rings (SSSR count). The van der Waals surface area contributed by atoms with Crippen molar-refractivity contribution < 1.29 is 34.8 Å². The smallest absolute Gasteiger partial charge is 0.266 e. The normalized spacial score (nSPS) is 24.5. The summed E-state index contributed by atoms with van der Waals surface area (Å²) in [6, 6.07) is 9.24. The molecule has 1 aliphatic heterocycles. The number of alkyl halides is 6. The predicted molar refractivity (Wildman–Crippen MR) is 102 cm³/mol. The van der Waals surface area contributed by atoms with E-state index < -0.39 is 39.3 Å². The molecule has 1 aliphatic carbocycles. The SMILES string of the molecule is O=S(=O)(c1ccc(C(F)(F)F)cc1)N1CCC2(CCCC2C(F)(F)F)c2ccccc21. The van der Waals surface area contributed by atoms with Crippen LogP contribution in [0.5, 0.6) is 0 Å². The van der Waals surface area contributed by atoms with Crippen LogP contribution in [-0.2, 0) is 21.6 Å². The number of nitrogens with zero attached hydrogens (tertiary/aromatic N) is 1. The summed E-state index contributed by atoms with van der Waals surface area (Å²) in [4.78, 5) is -0.343. The molecule has 2 aromatic carbocycles. The molecule has 168 valence electrons. The van der Waals surface area contributed by atoms with Crippen LogP contribution in [0.15, 0.2) is 53.4 Å². The first-order valence-corrected chi connectivity index (χ1v) is 11.2. The van der Waals surface area contributed by atoms with E-state index in [1.165, 1.54) is 12.1 Å². The fourth-order valence-electron chi connectivity index (χ4n) is 5.03. The fraction of sp³-hybridized carbons (Fsp3) is 0.429. The Morgan fingerprint density at radius 1 is 0.903 bits per heavy atom. The molecule has 0 N–H and O–H groups in total. The van der Waals surface area contributed by atoms with Gasteiger partial charge in [-0.1, -0.05) is 24.6 Å².